The highest BCUT2D eigenvalue weighted by Crippen LogP contribution is 2.41. The first-order valence-corrected chi connectivity index (χ1v) is 9.48. The molecule has 0 aliphatic carbocycles. The first-order chi connectivity index (χ1) is 15.7. The second kappa shape index (κ2) is 8.38. The van der Waals surface area contributed by atoms with E-state index >= 15 is 0 Å². The number of carbonyl (C=O) groups is 1. The van der Waals surface area contributed by atoms with Crippen molar-refractivity contribution in [3.63, 3.8) is 0 Å². The predicted molar refractivity (Wildman–Crippen MR) is 111 cm³/mol. The number of benzene rings is 2. The van der Waals surface area contributed by atoms with Crippen molar-refractivity contribution >= 4 is 23.3 Å². The molecule has 4 rings (SSSR count). The summed E-state index contributed by atoms with van der Waals surface area (Å²) >= 11 is 0. The molecule has 1 amide bonds. The highest BCUT2D eigenvalue weighted by atomic mass is 19.4. The lowest BCUT2D eigenvalue weighted by Crippen LogP contribution is -2.17. The number of pyridine rings is 1. The summed E-state index contributed by atoms with van der Waals surface area (Å²) in [5.74, 6) is -0.854. The largest absolute Gasteiger partial charge is 0.416 e. The summed E-state index contributed by atoms with van der Waals surface area (Å²) in [5, 5.41) is 0.0156. The topological polar surface area (TPSA) is 87.2 Å². The molecule has 0 aliphatic rings. The lowest BCUT2D eigenvalue weighted by atomic mass is 10.0. The van der Waals surface area contributed by atoms with Gasteiger partial charge in [0.25, 0.3) is 6.29 Å². The molecule has 0 saturated heterocycles. The van der Waals surface area contributed by atoms with Crippen molar-refractivity contribution in [2.75, 3.05) is 0 Å². The molecule has 2 heterocycles. The summed E-state index contributed by atoms with van der Waals surface area (Å²) in [4.78, 5) is 27.3. The number of nitrogens with zero attached hydrogens (tertiary/aromatic N) is 2. The Balaban J connectivity index is 2.06. The van der Waals surface area contributed by atoms with Crippen molar-refractivity contribution in [1.29, 1.82) is 0 Å². The van der Waals surface area contributed by atoms with Crippen molar-refractivity contribution in [2.24, 2.45) is 5.73 Å². The molecular weight excluding hydrogens is 442 g/mol. The standard InChI is InChI=1S/C23H14F4N3O3/c24-17-6-2-1-4-13(17)11-30-18-8-7-14(23(25,26)27)10-16(18)20(19(30)12-31)15-5-3-9-29-21(15)33-22(28)32/h1-10H,11H2,(H2,28,32). The summed E-state index contributed by atoms with van der Waals surface area (Å²) in [6.07, 6.45) is -2.83. The number of ether oxygens (including phenoxy) is 1. The Morgan fingerprint density at radius 3 is 2.55 bits per heavy atom. The molecule has 0 saturated carbocycles. The maximum Gasteiger partial charge on any atom is 0.416 e. The molecule has 33 heavy (non-hydrogen) atoms. The fraction of sp³-hybridized carbons (Fsp3) is 0.0870. The minimum atomic E-state index is -4.66. The molecule has 10 heteroatoms. The van der Waals surface area contributed by atoms with Gasteiger partial charge < -0.3 is 15.0 Å². The summed E-state index contributed by atoms with van der Waals surface area (Å²) in [5.41, 5.74) is 4.42. The highest BCUT2D eigenvalue weighted by molar-refractivity contribution is 6.06. The zero-order valence-corrected chi connectivity index (χ0v) is 16.7. The average Bonchev–Trinajstić information content (AvgIpc) is 3.07. The van der Waals surface area contributed by atoms with Gasteiger partial charge in [0.15, 0.2) is 0 Å². The molecule has 2 aromatic carbocycles. The molecular formula is C23H14F4N3O3. The number of primary amides is 1. The third-order valence-electron chi connectivity index (χ3n) is 5.01. The van der Waals surface area contributed by atoms with Crippen molar-refractivity contribution < 1.29 is 31.9 Å². The van der Waals surface area contributed by atoms with Crippen LogP contribution in [0.15, 0.2) is 60.8 Å². The van der Waals surface area contributed by atoms with Gasteiger partial charge >= 0.3 is 12.3 Å². The molecule has 2 aromatic heterocycles. The van der Waals surface area contributed by atoms with Gasteiger partial charge in [0.1, 0.15) is 11.5 Å². The normalized spacial score (nSPS) is 11.5. The van der Waals surface area contributed by atoms with Crippen LogP contribution < -0.4 is 10.5 Å². The van der Waals surface area contributed by atoms with E-state index in [0.29, 0.717) is 0 Å². The van der Waals surface area contributed by atoms with Crippen molar-refractivity contribution in [2.45, 2.75) is 12.7 Å². The van der Waals surface area contributed by atoms with Crippen molar-refractivity contribution in [3.8, 4) is 17.0 Å². The Labute approximate surface area is 184 Å². The molecule has 0 aliphatic heterocycles. The van der Waals surface area contributed by atoms with E-state index in [0.717, 1.165) is 12.1 Å². The van der Waals surface area contributed by atoms with Gasteiger partial charge in [-0.1, -0.05) is 18.2 Å². The van der Waals surface area contributed by atoms with Crippen LogP contribution in [-0.2, 0) is 17.5 Å². The van der Waals surface area contributed by atoms with E-state index in [1.807, 2.05) is 0 Å². The Bertz CT molecular complexity index is 1380. The number of fused-ring (bicyclic) bond motifs is 1. The molecule has 2 N–H and O–H groups in total. The quantitative estimate of drug-likeness (QED) is 0.436. The molecule has 1 radical (unpaired) electrons. The van der Waals surface area contributed by atoms with E-state index < -0.39 is 23.7 Å². The van der Waals surface area contributed by atoms with E-state index in [-0.39, 0.29) is 45.7 Å². The first-order valence-electron chi connectivity index (χ1n) is 9.48. The predicted octanol–water partition coefficient (Wildman–Crippen LogP) is 4.82. The van der Waals surface area contributed by atoms with Gasteiger partial charge in [-0.05, 0) is 36.4 Å². The van der Waals surface area contributed by atoms with Crippen LogP contribution in [0.25, 0.3) is 22.0 Å². The Kier molecular flexibility index (Phi) is 5.59. The van der Waals surface area contributed by atoms with Gasteiger partial charge in [0.2, 0.25) is 5.88 Å². The van der Waals surface area contributed by atoms with Crippen LogP contribution in [-0.4, -0.2) is 21.9 Å². The molecule has 4 aromatic rings. The Morgan fingerprint density at radius 2 is 1.88 bits per heavy atom. The number of aromatic nitrogens is 2. The lowest BCUT2D eigenvalue weighted by Gasteiger charge is -2.10. The summed E-state index contributed by atoms with van der Waals surface area (Å²) in [6.45, 7) is -0.161. The van der Waals surface area contributed by atoms with E-state index in [1.165, 1.54) is 47.2 Å². The van der Waals surface area contributed by atoms with Crippen molar-refractivity contribution in [1.82, 2.24) is 9.55 Å². The minimum Gasteiger partial charge on any atom is -0.391 e. The van der Waals surface area contributed by atoms with Gasteiger partial charge in [-0.25, -0.2) is 14.2 Å². The molecule has 6 nitrogen and oxygen atoms in total. The zero-order valence-electron chi connectivity index (χ0n) is 16.7. The molecule has 0 fully saturated rings. The lowest BCUT2D eigenvalue weighted by molar-refractivity contribution is -0.137. The fourth-order valence-corrected chi connectivity index (χ4v) is 3.63. The van der Waals surface area contributed by atoms with E-state index in [1.54, 1.807) is 12.4 Å². The van der Waals surface area contributed by atoms with Crippen LogP contribution in [0, 0.1) is 5.82 Å². The maximum absolute atomic E-state index is 14.3. The Morgan fingerprint density at radius 1 is 1.12 bits per heavy atom. The number of hydrogen-bond acceptors (Lipinski definition) is 4. The smallest absolute Gasteiger partial charge is 0.391 e. The average molecular weight is 456 g/mol. The third-order valence-corrected chi connectivity index (χ3v) is 5.01. The van der Waals surface area contributed by atoms with Crippen LogP contribution >= 0.6 is 0 Å². The number of halogens is 4. The number of carbonyl (C=O) groups excluding carboxylic acids is 2. The summed E-state index contributed by atoms with van der Waals surface area (Å²) in [7, 11) is 0. The number of alkyl halides is 3. The van der Waals surface area contributed by atoms with Gasteiger partial charge in [-0.3, -0.25) is 4.79 Å². The number of hydrogen-bond donors (Lipinski definition) is 1. The second-order valence-corrected chi connectivity index (χ2v) is 7.01. The molecule has 0 atom stereocenters. The summed E-state index contributed by atoms with van der Waals surface area (Å²) in [6, 6.07) is 11.6. The first kappa shape index (κ1) is 22.0. The van der Waals surface area contributed by atoms with E-state index in [2.05, 4.69) is 4.98 Å². The SMILES string of the molecule is NC(=O)Oc1ncccc1-c1c([C]=O)n(Cc2ccccc2F)c2ccc(C(F)(F)F)cc12. The number of rotatable bonds is 5. The van der Waals surface area contributed by atoms with Crippen LogP contribution in [0.3, 0.4) is 0 Å². The van der Waals surface area contributed by atoms with Crippen LogP contribution in [0.2, 0.25) is 0 Å². The molecule has 0 bridgehead atoms. The maximum atomic E-state index is 14.3. The highest BCUT2D eigenvalue weighted by Gasteiger charge is 2.32. The second-order valence-electron chi connectivity index (χ2n) is 7.01. The molecule has 167 valence electrons. The number of amides is 1. The zero-order chi connectivity index (χ0) is 23.8. The van der Waals surface area contributed by atoms with Crippen LogP contribution in [0.4, 0.5) is 22.4 Å². The van der Waals surface area contributed by atoms with Gasteiger partial charge in [-0.2, -0.15) is 13.2 Å². The van der Waals surface area contributed by atoms with E-state index in [4.69, 9.17) is 10.5 Å². The van der Waals surface area contributed by atoms with E-state index in [9.17, 15) is 27.2 Å². The van der Waals surface area contributed by atoms with Gasteiger partial charge in [-0.15, -0.1) is 0 Å². The molecule has 0 unspecified atom stereocenters. The van der Waals surface area contributed by atoms with Crippen molar-refractivity contribution in [3.05, 3.63) is 83.4 Å². The monoisotopic (exact) mass is 456 g/mol. The van der Waals surface area contributed by atoms with Crippen LogP contribution in [0.5, 0.6) is 5.88 Å². The van der Waals surface area contributed by atoms with Gasteiger partial charge in [0.05, 0.1) is 12.1 Å². The summed E-state index contributed by atoms with van der Waals surface area (Å²) < 4.78 is 60.9. The third kappa shape index (κ3) is 4.14. The van der Waals surface area contributed by atoms with Gasteiger partial charge in [0, 0.05) is 33.8 Å². The fourth-order valence-electron chi connectivity index (χ4n) is 3.63. The number of nitrogens with two attached hydrogens (primary N) is 1. The van der Waals surface area contributed by atoms with Crippen LogP contribution in [0.1, 0.15) is 16.8 Å². The molecule has 0 spiro atoms. The Hall–Kier alpha value is -4.21. The minimum absolute atomic E-state index is 0.00760.